The van der Waals surface area contributed by atoms with E-state index in [4.69, 9.17) is 4.74 Å². The lowest BCUT2D eigenvalue weighted by Gasteiger charge is -2.32. The van der Waals surface area contributed by atoms with Crippen LogP contribution in [-0.4, -0.2) is 36.7 Å². The Kier molecular flexibility index (Phi) is 8.31. The summed E-state index contributed by atoms with van der Waals surface area (Å²) in [5, 5.41) is 12.5. The number of nitrogens with one attached hydrogen (secondary N) is 1. The Morgan fingerprint density at radius 2 is 1.91 bits per heavy atom. The third kappa shape index (κ3) is 5.90. The number of aromatic carboxylic acids is 1. The van der Waals surface area contributed by atoms with E-state index in [1.807, 2.05) is 31.2 Å². The number of rotatable bonds is 9. The number of amides is 1. The molecule has 1 fully saturated rings. The summed E-state index contributed by atoms with van der Waals surface area (Å²) in [6.45, 7) is 6.16. The molecule has 1 unspecified atom stereocenters. The maximum absolute atomic E-state index is 12.9. The van der Waals surface area contributed by atoms with E-state index in [1.165, 1.54) is 31.0 Å². The highest BCUT2D eigenvalue weighted by Gasteiger charge is 2.20. The molecule has 170 valence electrons. The van der Waals surface area contributed by atoms with Crippen LogP contribution >= 0.6 is 0 Å². The molecule has 1 saturated heterocycles. The molecule has 3 rings (SSSR count). The molecule has 1 atom stereocenters. The Morgan fingerprint density at radius 3 is 2.59 bits per heavy atom. The largest absolute Gasteiger partial charge is 0.493 e. The first kappa shape index (κ1) is 23.4. The number of anilines is 1. The topological polar surface area (TPSA) is 78.9 Å². The van der Waals surface area contributed by atoms with Crippen molar-refractivity contribution in [1.82, 2.24) is 5.32 Å². The SMILES string of the molecule is C/C=C/C(NC(=O)Cc1ccc(C(=O)O)c(OCC)c1)c1ccccc1N1CCCCC1. The van der Waals surface area contributed by atoms with Crippen molar-refractivity contribution in [1.29, 1.82) is 0 Å². The van der Waals surface area contributed by atoms with Gasteiger partial charge >= 0.3 is 5.97 Å². The molecule has 2 N–H and O–H groups in total. The molecule has 2 aromatic rings. The standard InChI is InChI=1S/C26H32N2O4/c1-3-10-22(20-11-6-7-12-23(20)28-15-8-5-9-16-28)27-25(29)18-19-13-14-21(26(30)31)24(17-19)32-4-2/h3,6-7,10-14,17,22H,4-5,8-9,15-16,18H2,1-2H3,(H,27,29)(H,30,31)/b10-3+. The van der Waals surface area contributed by atoms with Crippen molar-refractivity contribution in [2.45, 2.75) is 45.6 Å². The lowest BCUT2D eigenvalue weighted by atomic mass is 10.0. The Balaban J connectivity index is 1.78. The number of allylic oxidation sites excluding steroid dienone is 1. The first-order chi connectivity index (χ1) is 15.5. The van der Waals surface area contributed by atoms with Crippen LogP contribution < -0.4 is 15.0 Å². The fraction of sp³-hybridized carbons (Fsp3) is 0.385. The molecule has 0 bridgehead atoms. The molecule has 0 aliphatic carbocycles. The number of ether oxygens (including phenoxy) is 1. The van der Waals surface area contributed by atoms with Gasteiger partial charge in [-0.1, -0.05) is 36.4 Å². The average molecular weight is 437 g/mol. The predicted octanol–water partition coefficient (Wildman–Crippen LogP) is 4.75. The molecule has 0 saturated carbocycles. The zero-order chi connectivity index (χ0) is 22.9. The summed E-state index contributed by atoms with van der Waals surface area (Å²) < 4.78 is 5.46. The van der Waals surface area contributed by atoms with Crippen molar-refractivity contribution in [2.24, 2.45) is 0 Å². The second kappa shape index (κ2) is 11.4. The fourth-order valence-electron chi connectivity index (χ4n) is 4.13. The Bertz CT molecular complexity index is 964. The molecule has 0 spiro atoms. The number of hydrogen-bond acceptors (Lipinski definition) is 4. The maximum atomic E-state index is 12.9. The van der Waals surface area contributed by atoms with Gasteiger partial charge in [0, 0.05) is 24.3 Å². The summed E-state index contributed by atoms with van der Waals surface area (Å²) in [6, 6.07) is 12.8. The summed E-state index contributed by atoms with van der Waals surface area (Å²) >= 11 is 0. The molecular formula is C26H32N2O4. The number of para-hydroxylation sites is 1. The number of benzene rings is 2. The van der Waals surface area contributed by atoms with Crippen LogP contribution in [0, 0.1) is 0 Å². The minimum absolute atomic E-state index is 0.0956. The monoisotopic (exact) mass is 436 g/mol. The number of carboxylic acids is 1. The van der Waals surface area contributed by atoms with E-state index < -0.39 is 5.97 Å². The second-order valence-corrected chi connectivity index (χ2v) is 7.92. The highest BCUT2D eigenvalue weighted by molar-refractivity contribution is 5.91. The fourth-order valence-corrected chi connectivity index (χ4v) is 4.13. The third-order valence-electron chi connectivity index (χ3n) is 5.61. The Labute approximate surface area is 189 Å². The van der Waals surface area contributed by atoms with Gasteiger partial charge in [0.1, 0.15) is 11.3 Å². The molecule has 0 aromatic heterocycles. The molecule has 6 heteroatoms. The quantitative estimate of drug-likeness (QED) is 0.555. The van der Waals surface area contributed by atoms with E-state index in [0.29, 0.717) is 12.2 Å². The van der Waals surface area contributed by atoms with E-state index in [-0.39, 0.29) is 29.7 Å². The Hall–Kier alpha value is -3.28. The minimum Gasteiger partial charge on any atom is -0.493 e. The van der Waals surface area contributed by atoms with Gasteiger partial charge in [0.2, 0.25) is 5.91 Å². The normalized spacial score (nSPS) is 14.9. The van der Waals surface area contributed by atoms with Crippen molar-refractivity contribution in [3.05, 3.63) is 71.3 Å². The van der Waals surface area contributed by atoms with Crippen molar-refractivity contribution in [3.8, 4) is 5.75 Å². The molecule has 2 aromatic carbocycles. The molecule has 1 aliphatic rings. The van der Waals surface area contributed by atoms with E-state index in [2.05, 4.69) is 22.3 Å². The molecule has 32 heavy (non-hydrogen) atoms. The number of carbonyl (C=O) groups excluding carboxylic acids is 1. The van der Waals surface area contributed by atoms with Crippen LogP contribution in [-0.2, 0) is 11.2 Å². The predicted molar refractivity (Wildman–Crippen MR) is 126 cm³/mol. The summed E-state index contributed by atoms with van der Waals surface area (Å²) in [5.41, 5.74) is 3.05. The first-order valence-electron chi connectivity index (χ1n) is 11.3. The lowest BCUT2D eigenvalue weighted by molar-refractivity contribution is -0.120. The van der Waals surface area contributed by atoms with Gasteiger partial charge in [-0.3, -0.25) is 4.79 Å². The van der Waals surface area contributed by atoms with Crippen LogP contribution in [0.15, 0.2) is 54.6 Å². The summed E-state index contributed by atoms with van der Waals surface area (Å²) in [6.07, 6.45) is 7.72. The zero-order valence-corrected chi connectivity index (χ0v) is 18.8. The third-order valence-corrected chi connectivity index (χ3v) is 5.61. The van der Waals surface area contributed by atoms with Gasteiger partial charge in [0.25, 0.3) is 0 Å². The first-order valence-corrected chi connectivity index (χ1v) is 11.3. The van der Waals surface area contributed by atoms with E-state index >= 15 is 0 Å². The van der Waals surface area contributed by atoms with Crippen LogP contribution in [0.4, 0.5) is 5.69 Å². The smallest absolute Gasteiger partial charge is 0.339 e. The van der Waals surface area contributed by atoms with Gasteiger partial charge < -0.3 is 20.1 Å². The molecule has 0 radical (unpaired) electrons. The van der Waals surface area contributed by atoms with Crippen LogP contribution in [0.5, 0.6) is 5.75 Å². The molecule has 1 amide bonds. The van der Waals surface area contributed by atoms with Crippen LogP contribution in [0.2, 0.25) is 0 Å². The summed E-state index contributed by atoms with van der Waals surface area (Å²) in [4.78, 5) is 26.7. The molecule has 1 aliphatic heterocycles. The maximum Gasteiger partial charge on any atom is 0.339 e. The number of carboxylic acid groups (broad SMARTS) is 1. The van der Waals surface area contributed by atoms with Gasteiger partial charge in [0.15, 0.2) is 0 Å². The Morgan fingerprint density at radius 1 is 1.16 bits per heavy atom. The summed E-state index contributed by atoms with van der Waals surface area (Å²) in [7, 11) is 0. The van der Waals surface area contributed by atoms with Gasteiger partial charge in [-0.05, 0) is 56.9 Å². The van der Waals surface area contributed by atoms with Crippen molar-refractivity contribution in [2.75, 3.05) is 24.6 Å². The van der Waals surface area contributed by atoms with E-state index in [0.717, 1.165) is 18.7 Å². The zero-order valence-electron chi connectivity index (χ0n) is 18.8. The highest BCUT2D eigenvalue weighted by atomic mass is 16.5. The number of carbonyl (C=O) groups is 2. The van der Waals surface area contributed by atoms with Gasteiger partial charge in [-0.2, -0.15) is 0 Å². The van der Waals surface area contributed by atoms with Crippen LogP contribution in [0.3, 0.4) is 0 Å². The van der Waals surface area contributed by atoms with Gasteiger partial charge in [-0.25, -0.2) is 4.79 Å². The molecule has 1 heterocycles. The van der Waals surface area contributed by atoms with Crippen LogP contribution in [0.25, 0.3) is 0 Å². The lowest BCUT2D eigenvalue weighted by Crippen LogP contribution is -2.33. The number of nitrogens with zero attached hydrogens (tertiary/aromatic N) is 1. The second-order valence-electron chi connectivity index (χ2n) is 7.92. The number of hydrogen-bond donors (Lipinski definition) is 2. The van der Waals surface area contributed by atoms with Crippen molar-refractivity contribution >= 4 is 17.6 Å². The highest BCUT2D eigenvalue weighted by Crippen LogP contribution is 2.30. The van der Waals surface area contributed by atoms with Crippen molar-refractivity contribution in [3.63, 3.8) is 0 Å². The van der Waals surface area contributed by atoms with Gasteiger partial charge in [-0.15, -0.1) is 0 Å². The van der Waals surface area contributed by atoms with E-state index in [1.54, 1.807) is 19.1 Å². The molecular weight excluding hydrogens is 404 g/mol. The van der Waals surface area contributed by atoms with Crippen LogP contribution in [0.1, 0.15) is 60.6 Å². The van der Waals surface area contributed by atoms with Gasteiger partial charge in [0.05, 0.1) is 19.1 Å². The summed E-state index contributed by atoms with van der Waals surface area (Å²) in [5.74, 6) is -0.898. The minimum atomic E-state index is -1.05. The van der Waals surface area contributed by atoms with Crippen molar-refractivity contribution < 1.29 is 19.4 Å². The van der Waals surface area contributed by atoms with E-state index in [9.17, 15) is 14.7 Å². The average Bonchev–Trinajstić information content (AvgIpc) is 2.79. The molecule has 6 nitrogen and oxygen atoms in total. The number of piperidine rings is 1.